The molecule has 1 aliphatic rings. The second-order valence-corrected chi connectivity index (χ2v) is 5.85. The van der Waals surface area contributed by atoms with E-state index in [4.69, 9.17) is 0 Å². The van der Waals surface area contributed by atoms with Crippen LogP contribution >= 0.6 is 11.3 Å². The van der Waals surface area contributed by atoms with E-state index in [-0.39, 0.29) is 0 Å². The normalized spacial score (nSPS) is 28.2. The lowest BCUT2D eigenvalue weighted by Crippen LogP contribution is -2.16. The summed E-state index contributed by atoms with van der Waals surface area (Å²) in [6.45, 7) is 4.74. The van der Waals surface area contributed by atoms with Crippen molar-refractivity contribution in [1.29, 1.82) is 0 Å². The van der Waals surface area contributed by atoms with Crippen molar-refractivity contribution in [3.05, 3.63) is 22.4 Å². The highest BCUT2D eigenvalue weighted by Crippen LogP contribution is 2.39. The van der Waals surface area contributed by atoms with Crippen LogP contribution in [-0.4, -0.2) is 0 Å². The van der Waals surface area contributed by atoms with Gasteiger partial charge >= 0.3 is 0 Å². The van der Waals surface area contributed by atoms with Crippen LogP contribution in [0.25, 0.3) is 0 Å². The molecule has 0 atom stereocenters. The standard InChI is InChI=1S/C13H20S/c1-10(2)11-5-7-12(8-6-11)13-4-3-9-14-13/h3-4,9-12H,5-8H2,1-2H3. The maximum absolute atomic E-state index is 2.37. The third-order valence-electron chi connectivity index (χ3n) is 3.66. The summed E-state index contributed by atoms with van der Waals surface area (Å²) < 4.78 is 0. The number of hydrogen-bond acceptors (Lipinski definition) is 1. The number of thiophene rings is 1. The smallest absolute Gasteiger partial charge is 0.00761 e. The second-order valence-electron chi connectivity index (χ2n) is 4.87. The van der Waals surface area contributed by atoms with Gasteiger partial charge in [-0.1, -0.05) is 19.9 Å². The van der Waals surface area contributed by atoms with Crippen molar-refractivity contribution >= 4 is 11.3 Å². The van der Waals surface area contributed by atoms with Gasteiger partial charge in [0.25, 0.3) is 0 Å². The molecular formula is C13H20S. The molecule has 0 N–H and O–H groups in total. The lowest BCUT2D eigenvalue weighted by atomic mass is 9.76. The van der Waals surface area contributed by atoms with Gasteiger partial charge in [-0.15, -0.1) is 11.3 Å². The quantitative estimate of drug-likeness (QED) is 0.662. The largest absolute Gasteiger partial charge is 0.149 e. The van der Waals surface area contributed by atoms with Gasteiger partial charge in [0, 0.05) is 4.88 Å². The van der Waals surface area contributed by atoms with E-state index >= 15 is 0 Å². The molecule has 0 aliphatic heterocycles. The molecule has 1 saturated carbocycles. The minimum absolute atomic E-state index is 0.880. The minimum Gasteiger partial charge on any atom is -0.149 e. The first-order valence-corrected chi connectivity index (χ1v) is 6.68. The molecule has 0 spiro atoms. The van der Waals surface area contributed by atoms with E-state index < -0.39 is 0 Å². The zero-order valence-electron chi connectivity index (χ0n) is 9.20. The first-order valence-electron chi connectivity index (χ1n) is 5.80. The van der Waals surface area contributed by atoms with Gasteiger partial charge in [0.2, 0.25) is 0 Å². The van der Waals surface area contributed by atoms with Gasteiger partial charge < -0.3 is 0 Å². The zero-order valence-corrected chi connectivity index (χ0v) is 10.0. The Morgan fingerprint density at radius 1 is 1.21 bits per heavy atom. The highest BCUT2D eigenvalue weighted by atomic mass is 32.1. The van der Waals surface area contributed by atoms with Crippen LogP contribution in [0, 0.1) is 11.8 Å². The number of hydrogen-bond donors (Lipinski definition) is 0. The molecular weight excluding hydrogens is 188 g/mol. The van der Waals surface area contributed by atoms with Crippen LogP contribution in [0.4, 0.5) is 0 Å². The van der Waals surface area contributed by atoms with Crippen molar-refractivity contribution in [1.82, 2.24) is 0 Å². The summed E-state index contributed by atoms with van der Waals surface area (Å²) in [7, 11) is 0. The first kappa shape index (κ1) is 10.2. The fourth-order valence-corrected chi connectivity index (χ4v) is 3.49. The third kappa shape index (κ3) is 2.20. The van der Waals surface area contributed by atoms with Gasteiger partial charge in [-0.3, -0.25) is 0 Å². The van der Waals surface area contributed by atoms with Gasteiger partial charge in [0.05, 0.1) is 0 Å². The Labute approximate surface area is 91.4 Å². The van der Waals surface area contributed by atoms with Gasteiger partial charge in [0.15, 0.2) is 0 Å². The molecule has 1 aliphatic carbocycles. The summed E-state index contributed by atoms with van der Waals surface area (Å²) >= 11 is 1.94. The van der Waals surface area contributed by atoms with E-state index in [1.165, 1.54) is 25.7 Å². The Morgan fingerprint density at radius 2 is 1.93 bits per heavy atom. The van der Waals surface area contributed by atoms with Gasteiger partial charge in [-0.05, 0) is 54.9 Å². The predicted octanol–water partition coefficient (Wildman–Crippen LogP) is 4.68. The van der Waals surface area contributed by atoms with Crippen LogP contribution in [0.1, 0.15) is 50.3 Å². The first-order chi connectivity index (χ1) is 6.77. The van der Waals surface area contributed by atoms with Crippen molar-refractivity contribution in [3.8, 4) is 0 Å². The Bertz CT molecular complexity index is 253. The lowest BCUT2D eigenvalue weighted by molar-refractivity contribution is 0.260. The Hall–Kier alpha value is -0.300. The monoisotopic (exact) mass is 208 g/mol. The molecule has 1 aromatic heterocycles. The molecule has 0 nitrogen and oxygen atoms in total. The fourth-order valence-electron chi connectivity index (χ4n) is 2.59. The summed E-state index contributed by atoms with van der Waals surface area (Å²) in [5, 5.41) is 2.21. The maximum Gasteiger partial charge on any atom is 0.00761 e. The molecule has 0 radical (unpaired) electrons. The van der Waals surface area contributed by atoms with E-state index in [9.17, 15) is 0 Å². The minimum atomic E-state index is 0.880. The Balaban J connectivity index is 1.90. The SMILES string of the molecule is CC(C)C1CCC(c2cccs2)CC1. The third-order valence-corrected chi connectivity index (χ3v) is 4.69. The van der Waals surface area contributed by atoms with E-state index in [2.05, 4.69) is 31.4 Å². The molecule has 2 rings (SSSR count). The van der Waals surface area contributed by atoms with Crippen LogP contribution in [0.15, 0.2) is 17.5 Å². The van der Waals surface area contributed by atoms with Crippen LogP contribution in [0.2, 0.25) is 0 Å². The van der Waals surface area contributed by atoms with Crippen molar-refractivity contribution in [2.24, 2.45) is 11.8 Å². The van der Waals surface area contributed by atoms with Crippen molar-refractivity contribution in [3.63, 3.8) is 0 Å². The fraction of sp³-hybridized carbons (Fsp3) is 0.692. The summed E-state index contributed by atoms with van der Waals surface area (Å²) in [5.74, 6) is 2.76. The highest BCUT2D eigenvalue weighted by Gasteiger charge is 2.24. The van der Waals surface area contributed by atoms with Crippen LogP contribution in [0.5, 0.6) is 0 Å². The molecule has 78 valence electrons. The van der Waals surface area contributed by atoms with E-state index in [1.54, 1.807) is 4.88 Å². The molecule has 1 fully saturated rings. The van der Waals surface area contributed by atoms with Crippen molar-refractivity contribution < 1.29 is 0 Å². The topological polar surface area (TPSA) is 0 Å². The molecule has 0 aromatic carbocycles. The highest BCUT2D eigenvalue weighted by molar-refractivity contribution is 7.10. The molecule has 1 aromatic rings. The molecule has 0 saturated heterocycles. The van der Waals surface area contributed by atoms with Gasteiger partial charge in [0.1, 0.15) is 0 Å². The van der Waals surface area contributed by atoms with E-state index in [1.807, 2.05) is 11.3 Å². The average molecular weight is 208 g/mol. The Morgan fingerprint density at radius 3 is 2.43 bits per heavy atom. The summed E-state index contributed by atoms with van der Waals surface area (Å²) in [6.07, 6.45) is 5.73. The zero-order chi connectivity index (χ0) is 9.97. The van der Waals surface area contributed by atoms with Gasteiger partial charge in [-0.2, -0.15) is 0 Å². The lowest BCUT2D eigenvalue weighted by Gasteiger charge is -2.30. The Kier molecular flexibility index (Phi) is 3.27. The van der Waals surface area contributed by atoms with E-state index in [0.717, 1.165) is 17.8 Å². The number of rotatable bonds is 2. The van der Waals surface area contributed by atoms with Crippen LogP contribution < -0.4 is 0 Å². The average Bonchev–Trinajstić information content (AvgIpc) is 2.71. The van der Waals surface area contributed by atoms with Crippen molar-refractivity contribution in [2.75, 3.05) is 0 Å². The summed E-state index contributed by atoms with van der Waals surface area (Å²) in [5.41, 5.74) is 0. The molecule has 0 bridgehead atoms. The molecule has 1 heterocycles. The second kappa shape index (κ2) is 4.48. The molecule has 14 heavy (non-hydrogen) atoms. The maximum atomic E-state index is 2.37. The predicted molar refractivity (Wildman–Crippen MR) is 63.9 cm³/mol. The summed E-state index contributed by atoms with van der Waals surface area (Å²) in [6, 6.07) is 4.50. The van der Waals surface area contributed by atoms with Crippen LogP contribution in [-0.2, 0) is 0 Å². The van der Waals surface area contributed by atoms with Gasteiger partial charge in [-0.25, -0.2) is 0 Å². The van der Waals surface area contributed by atoms with Crippen molar-refractivity contribution in [2.45, 2.75) is 45.4 Å². The van der Waals surface area contributed by atoms with E-state index in [0.29, 0.717) is 0 Å². The molecule has 0 unspecified atom stereocenters. The summed E-state index contributed by atoms with van der Waals surface area (Å²) in [4.78, 5) is 1.62. The molecule has 0 amide bonds. The van der Waals surface area contributed by atoms with Crippen LogP contribution in [0.3, 0.4) is 0 Å². The molecule has 1 heteroatoms.